The first kappa shape index (κ1) is 16.9. The average Bonchev–Trinajstić information content (AvgIpc) is 3.32. The normalized spacial score (nSPS) is 16.4. The molecule has 5 rings (SSSR count). The first-order valence-corrected chi connectivity index (χ1v) is 9.41. The smallest absolute Gasteiger partial charge is 0.275 e. The number of aromatic nitrogens is 5. The molecule has 0 spiro atoms. The number of carbonyl (C=O) groups is 1. The van der Waals surface area contributed by atoms with E-state index in [4.69, 9.17) is 11.6 Å². The molecule has 4 aromatic rings. The van der Waals surface area contributed by atoms with Crippen LogP contribution in [0.1, 0.15) is 29.1 Å². The lowest BCUT2D eigenvalue weighted by molar-refractivity contribution is 0.0638. The largest absolute Gasteiger partial charge is 0.341 e. The molecule has 0 fully saturated rings. The molecule has 8 heteroatoms. The van der Waals surface area contributed by atoms with E-state index < -0.39 is 0 Å². The molecule has 4 aromatic heterocycles. The van der Waals surface area contributed by atoms with Gasteiger partial charge in [-0.3, -0.25) is 9.78 Å². The van der Waals surface area contributed by atoms with Gasteiger partial charge in [-0.25, -0.2) is 9.50 Å². The molecule has 0 N–H and O–H groups in total. The summed E-state index contributed by atoms with van der Waals surface area (Å²) in [5.41, 5.74) is 4.34. The summed E-state index contributed by atoms with van der Waals surface area (Å²) >= 11 is 5.96. The molecule has 0 bridgehead atoms. The minimum atomic E-state index is -0.105. The Balaban J connectivity index is 1.46. The van der Waals surface area contributed by atoms with Gasteiger partial charge >= 0.3 is 0 Å². The monoisotopic (exact) mass is 392 g/mol. The molecule has 0 saturated carbocycles. The zero-order chi connectivity index (χ0) is 19.3. The molecule has 0 saturated heterocycles. The Labute approximate surface area is 166 Å². The molecule has 0 aliphatic carbocycles. The molecule has 1 aliphatic rings. The number of hydrogen-bond acceptors (Lipinski definition) is 4. The van der Waals surface area contributed by atoms with Crippen LogP contribution in [-0.2, 0) is 6.54 Å². The summed E-state index contributed by atoms with van der Waals surface area (Å²) in [5.74, 6) is -0.105. The molecule has 0 radical (unpaired) electrons. The van der Waals surface area contributed by atoms with Gasteiger partial charge in [0.15, 0.2) is 11.3 Å². The Morgan fingerprint density at radius 1 is 1.18 bits per heavy atom. The Bertz CT molecular complexity index is 1180. The van der Waals surface area contributed by atoms with E-state index in [0.29, 0.717) is 22.9 Å². The van der Waals surface area contributed by atoms with E-state index >= 15 is 0 Å². The molecule has 0 aromatic carbocycles. The lowest BCUT2D eigenvalue weighted by Crippen LogP contribution is -2.41. The van der Waals surface area contributed by atoms with Gasteiger partial charge in [0.2, 0.25) is 0 Å². The van der Waals surface area contributed by atoms with Crippen molar-refractivity contribution in [2.24, 2.45) is 0 Å². The van der Waals surface area contributed by atoms with Gasteiger partial charge in [0, 0.05) is 54.7 Å². The zero-order valence-electron chi connectivity index (χ0n) is 15.2. The fourth-order valence-electron chi connectivity index (χ4n) is 3.82. The number of hydrogen-bond donors (Lipinski definition) is 0. The Morgan fingerprint density at radius 2 is 2.00 bits per heavy atom. The van der Waals surface area contributed by atoms with Crippen LogP contribution in [0.3, 0.4) is 0 Å². The molecular formula is C20H17ClN6O. The summed E-state index contributed by atoms with van der Waals surface area (Å²) < 4.78 is 3.81. The molecule has 1 unspecified atom stereocenters. The molecule has 28 heavy (non-hydrogen) atoms. The quantitative estimate of drug-likeness (QED) is 0.524. The minimum Gasteiger partial charge on any atom is -0.341 e. The van der Waals surface area contributed by atoms with Gasteiger partial charge in [0.25, 0.3) is 5.91 Å². The maximum atomic E-state index is 13.1. The fourth-order valence-corrected chi connectivity index (χ4v) is 3.96. The molecular weight excluding hydrogens is 376 g/mol. The van der Waals surface area contributed by atoms with Crippen LogP contribution in [-0.4, -0.2) is 41.5 Å². The third kappa shape index (κ3) is 2.66. The number of nitrogens with zero attached hydrogens (tertiary/aromatic N) is 6. The Morgan fingerprint density at radius 3 is 2.82 bits per heavy atom. The van der Waals surface area contributed by atoms with Crippen molar-refractivity contribution in [2.75, 3.05) is 6.54 Å². The molecule has 5 heterocycles. The van der Waals surface area contributed by atoms with Crippen molar-refractivity contribution in [1.29, 1.82) is 0 Å². The third-order valence-corrected chi connectivity index (χ3v) is 5.41. The second kappa shape index (κ2) is 6.45. The highest BCUT2D eigenvalue weighted by Gasteiger charge is 2.31. The van der Waals surface area contributed by atoms with Crippen LogP contribution in [0, 0.1) is 0 Å². The van der Waals surface area contributed by atoms with E-state index in [1.807, 2.05) is 24.0 Å². The first-order chi connectivity index (χ1) is 13.6. The van der Waals surface area contributed by atoms with Crippen molar-refractivity contribution in [3.8, 4) is 11.3 Å². The zero-order valence-corrected chi connectivity index (χ0v) is 15.9. The fraction of sp³-hybridized carbons (Fsp3) is 0.200. The summed E-state index contributed by atoms with van der Waals surface area (Å²) in [6, 6.07) is 9.83. The highest BCUT2D eigenvalue weighted by molar-refractivity contribution is 6.30. The third-order valence-electron chi connectivity index (χ3n) is 5.21. The Hall–Kier alpha value is -3.19. The second-order valence-electron chi connectivity index (χ2n) is 6.81. The van der Waals surface area contributed by atoms with Gasteiger partial charge in [0.05, 0.1) is 17.3 Å². The lowest BCUT2D eigenvalue weighted by atomic mass is 10.1. The maximum absolute atomic E-state index is 13.1. The highest BCUT2D eigenvalue weighted by Crippen LogP contribution is 2.32. The van der Waals surface area contributed by atoms with Gasteiger partial charge < -0.3 is 9.47 Å². The summed E-state index contributed by atoms with van der Waals surface area (Å²) in [4.78, 5) is 23.3. The van der Waals surface area contributed by atoms with E-state index in [-0.39, 0.29) is 11.9 Å². The van der Waals surface area contributed by atoms with Gasteiger partial charge in [-0.05, 0) is 31.2 Å². The predicted octanol–water partition coefficient (Wildman–Crippen LogP) is 3.46. The first-order valence-electron chi connectivity index (χ1n) is 9.03. The minimum absolute atomic E-state index is 0.0572. The summed E-state index contributed by atoms with van der Waals surface area (Å²) in [5, 5.41) is 4.83. The van der Waals surface area contributed by atoms with Gasteiger partial charge in [-0.1, -0.05) is 11.6 Å². The number of carbonyl (C=O) groups excluding carboxylic acids is 1. The van der Waals surface area contributed by atoms with Crippen LogP contribution in [0.15, 0.2) is 55.1 Å². The van der Waals surface area contributed by atoms with E-state index in [1.165, 1.54) is 4.52 Å². The number of halogens is 1. The van der Waals surface area contributed by atoms with Crippen molar-refractivity contribution < 1.29 is 4.79 Å². The van der Waals surface area contributed by atoms with Crippen molar-refractivity contribution in [2.45, 2.75) is 19.5 Å². The maximum Gasteiger partial charge on any atom is 0.275 e. The van der Waals surface area contributed by atoms with E-state index in [0.717, 1.165) is 23.5 Å². The SMILES string of the molecule is CC1c2ccc(-c3ccncc3)n2CCN1C(=O)c1cc2ncc(Cl)cn2n1. The van der Waals surface area contributed by atoms with Gasteiger partial charge in [-0.15, -0.1) is 0 Å². The molecule has 7 nitrogen and oxygen atoms in total. The van der Waals surface area contributed by atoms with Crippen LogP contribution < -0.4 is 0 Å². The molecule has 1 atom stereocenters. The molecule has 1 amide bonds. The van der Waals surface area contributed by atoms with Crippen LogP contribution in [0.25, 0.3) is 16.9 Å². The van der Waals surface area contributed by atoms with E-state index in [2.05, 4.69) is 31.8 Å². The van der Waals surface area contributed by atoms with Crippen molar-refractivity contribution in [3.05, 3.63) is 71.5 Å². The highest BCUT2D eigenvalue weighted by atomic mass is 35.5. The van der Waals surface area contributed by atoms with Crippen LogP contribution in [0.2, 0.25) is 5.02 Å². The topological polar surface area (TPSA) is 68.3 Å². The van der Waals surface area contributed by atoms with Gasteiger partial charge in [0.1, 0.15) is 0 Å². The average molecular weight is 393 g/mol. The lowest BCUT2D eigenvalue weighted by Gasteiger charge is -2.35. The molecule has 140 valence electrons. The van der Waals surface area contributed by atoms with Crippen LogP contribution in [0.5, 0.6) is 0 Å². The van der Waals surface area contributed by atoms with E-state index in [1.54, 1.807) is 30.9 Å². The van der Waals surface area contributed by atoms with Gasteiger partial charge in [-0.2, -0.15) is 5.10 Å². The summed E-state index contributed by atoms with van der Waals surface area (Å²) in [6.07, 6.45) is 6.78. The van der Waals surface area contributed by atoms with Crippen molar-refractivity contribution >= 4 is 23.2 Å². The van der Waals surface area contributed by atoms with Crippen molar-refractivity contribution in [1.82, 2.24) is 29.0 Å². The number of fused-ring (bicyclic) bond motifs is 2. The number of amides is 1. The van der Waals surface area contributed by atoms with E-state index in [9.17, 15) is 4.79 Å². The van der Waals surface area contributed by atoms with Crippen molar-refractivity contribution in [3.63, 3.8) is 0 Å². The second-order valence-corrected chi connectivity index (χ2v) is 7.25. The summed E-state index contributed by atoms with van der Waals surface area (Å²) in [6.45, 7) is 3.39. The molecule has 1 aliphatic heterocycles. The number of rotatable bonds is 2. The summed E-state index contributed by atoms with van der Waals surface area (Å²) in [7, 11) is 0. The predicted molar refractivity (Wildman–Crippen MR) is 105 cm³/mol. The van der Waals surface area contributed by atoms with Crippen LogP contribution in [0.4, 0.5) is 0 Å². The Kier molecular flexibility index (Phi) is 3.91. The standard InChI is InChI=1S/C20H17ClN6O/c1-13-17-2-3-18(14-4-6-22-7-5-14)26(17)9-8-25(13)20(28)16-10-19-23-11-15(21)12-27(19)24-16/h2-7,10-13H,8-9H2,1H3. The van der Waals surface area contributed by atoms with Crippen LogP contribution >= 0.6 is 11.6 Å². The number of pyridine rings is 1.